The second-order valence-corrected chi connectivity index (χ2v) is 9.66. The van der Waals surface area contributed by atoms with Crippen LogP contribution in [0.15, 0.2) is 66.7 Å². The summed E-state index contributed by atoms with van der Waals surface area (Å²) in [5.41, 5.74) is 7.59. The van der Waals surface area contributed by atoms with Crippen molar-refractivity contribution in [3.63, 3.8) is 0 Å². The normalized spacial score (nSPS) is 14.6. The molecule has 0 aliphatic carbocycles. The van der Waals surface area contributed by atoms with Crippen LogP contribution >= 0.6 is 0 Å². The van der Waals surface area contributed by atoms with Gasteiger partial charge in [0.25, 0.3) is 5.91 Å². The van der Waals surface area contributed by atoms with E-state index in [0.29, 0.717) is 30.3 Å². The van der Waals surface area contributed by atoms with Gasteiger partial charge in [0.05, 0.1) is 25.5 Å². The summed E-state index contributed by atoms with van der Waals surface area (Å²) >= 11 is 0. The number of H-pyrrole nitrogens is 1. The van der Waals surface area contributed by atoms with Crippen molar-refractivity contribution in [2.45, 2.75) is 46.2 Å². The number of aryl methyl sites for hydroxylation is 2. The Labute approximate surface area is 218 Å². The summed E-state index contributed by atoms with van der Waals surface area (Å²) in [7, 11) is 1.65. The minimum absolute atomic E-state index is 0.0614. The number of aromatic nitrogens is 2. The van der Waals surface area contributed by atoms with E-state index < -0.39 is 0 Å². The van der Waals surface area contributed by atoms with E-state index in [0.717, 1.165) is 40.8 Å². The van der Waals surface area contributed by atoms with Crippen molar-refractivity contribution in [2.75, 3.05) is 13.7 Å². The molecule has 2 heterocycles. The van der Waals surface area contributed by atoms with Gasteiger partial charge < -0.3 is 14.4 Å². The number of ether oxygens (including phenoxy) is 2. The van der Waals surface area contributed by atoms with E-state index in [-0.39, 0.29) is 11.9 Å². The molecule has 0 radical (unpaired) electrons. The van der Waals surface area contributed by atoms with E-state index in [1.807, 2.05) is 23.1 Å². The summed E-state index contributed by atoms with van der Waals surface area (Å²) in [5.74, 6) is 1.30. The van der Waals surface area contributed by atoms with Crippen molar-refractivity contribution in [2.24, 2.45) is 0 Å². The van der Waals surface area contributed by atoms with Crippen LogP contribution in [-0.4, -0.2) is 34.7 Å². The number of carbonyl (C=O) groups excluding carboxylic acids is 1. The molecule has 190 valence electrons. The third kappa shape index (κ3) is 4.84. The SMILES string of the molecule is CCCCOc1ccc(C2c3c(-c4ccc(C)cc4)n[nH]c3C(=O)N2Cc2ccc(C)cc2)cc1OC. The quantitative estimate of drug-likeness (QED) is 0.265. The number of aromatic amines is 1. The molecule has 1 N–H and O–H groups in total. The number of nitrogens with zero attached hydrogens (tertiary/aromatic N) is 2. The Morgan fingerprint density at radius 2 is 1.65 bits per heavy atom. The summed E-state index contributed by atoms with van der Waals surface area (Å²) in [4.78, 5) is 15.7. The maximum Gasteiger partial charge on any atom is 0.273 e. The number of hydrogen-bond acceptors (Lipinski definition) is 4. The highest BCUT2D eigenvalue weighted by Crippen LogP contribution is 2.45. The highest BCUT2D eigenvalue weighted by atomic mass is 16.5. The molecular weight excluding hydrogens is 462 g/mol. The highest BCUT2D eigenvalue weighted by Gasteiger charge is 2.42. The molecule has 1 aliphatic rings. The lowest BCUT2D eigenvalue weighted by Gasteiger charge is -2.27. The predicted octanol–water partition coefficient (Wildman–Crippen LogP) is 6.63. The van der Waals surface area contributed by atoms with E-state index in [4.69, 9.17) is 9.47 Å². The summed E-state index contributed by atoms with van der Waals surface area (Å²) in [6.45, 7) is 7.38. The molecule has 1 aliphatic heterocycles. The lowest BCUT2D eigenvalue weighted by atomic mass is 9.95. The number of rotatable bonds is 9. The summed E-state index contributed by atoms with van der Waals surface area (Å²) < 4.78 is 11.7. The Bertz CT molecular complexity index is 1390. The van der Waals surface area contributed by atoms with E-state index in [2.05, 4.69) is 79.5 Å². The molecule has 1 atom stereocenters. The standard InChI is InChI=1S/C31H33N3O3/c1-5-6-17-37-25-16-15-24(18-26(25)36-4)30-27-28(23-13-9-21(3)10-14-23)32-33-29(27)31(35)34(30)19-22-11-7-20(2)8-12-22/h7-16,18,30H,5-6,17,19H2,1-4H3,(H,32,33). The number of nitrogens with one attached hydrogen (secondary N) is 1. The topological polar surface area (TPSA) is 67.5 Å². The predicted molar refractivity (Wildman–Crippen MR) is 145 cm³/mol. The first-order chi connectivity index (χ1) is 18.0. The average molecular weight is 496 g/mol. The molecule has 4 aromatic rings. The first-order valence-electron chi connectivity index (χ1n) is 12.8. The molecular formula is C31H33N3O3. The highest BCUT2D eigenvalue weighted by molar-refractivity contribution is 6.00. The van der Waals surface area contributed by atoms with Crippen molar-refractivity contribution in [1.82, 2.24) is 15.1 Å². The monoisotopic (exact) mass is 495 g/mol. The summed E-state index contributed by atoms with van der Waals surface area (Å²) in [5, 5.41) is 7.65. The van der Waals surface area contributed by atoms with Gasteiger partial charge in [0.15, 0.2) is 11.5 Å². The molecule has 0 saturated heterocycles. The zero-order valence-electron chi connectivity index (χ0n) is 21.9. The maximum atomic E-state index is 13.7. The third-order valence-electron chi connectivity index (χ3n) is 6.92. The van der Waals surface area contributed by atoms with Crippen LogP contribution in [0.3, 0.4) is 0 Å². The van der Waals surface area contributed by atoms with Gasteiger partial charge >= 0.3 is 0 Å². The largest absolute Gasteiger partial charge is 0.493 e. The van der Waals surface area contributed by atoms with Gasteiger partial charge in [-0.25, -0.2) is 0 Å². The van der Waals surface area contributed by atoms with Crippen molar-refractivity contribution >= 4 is 5.91 Å². The number of methoxy groups -OCH3 is 1. The molecule has 37 heavy (non-hydrogen) atoms. The summed E-state index contributed by atoms with van der Waals surface area (Å²) in [6, 6.07) is 22.2. The lowest BCUT2D eigenvalue weighted by molar-refractivity contribution is 0.0730. The van der Waals surface area contributed by atoms with E-state index in [9.17, 15) is 4.79 Å². The molecule has 0 fully saturated rings. The Kier molecular flexibility index (Phi) is 6.99. The molecule has 0 spiro atoms. The zero-order valence-corrected chi connectivity index (χ0v) is 21.9. The Hall–Kier alpha value is -4.06. The molecule has 1 unspecified atom stereocenters. The number of fused-ring (bicyclic) bond motifs is 1. The van der Waals surface area contributed by atoms with Crippen molar-refractivity contribution in [3.8, 4) is 22.8 Å². The van der Waals surface area contributed by atoms with Crippen LogP contribution in [0.25, 0.3) is 11.3 Å². The van der Waals surface area contributed by atoms with Gasteiger partial charge in [-0.15, -0.1) is 0 Å². The smallest absolute Gasteiger partial charge is 0.273 e. The minimum Gasteiger partial charge on any atom is -0.493 e. The van der Waals surface area contributed by atoms with Crippen LogP contribution in [0, 0.1) is 13.8 Å². The minimum atomic E-state index is -0.322. The van der Waals surface area contributed by atoms with Gasteiger partial charge in [-0.1, -0.05) is 79.1 Å². The molecule has 0 saturated carbocycles. The maximum absolute atomic E-state index is 13.7. The number of benzene rings is 3. The molecule has 1 aromatic heterocycles. The van der Waals surface area contributed by atoms with Crippen molar-refractivity contribution in [3.05, 3.63) is 100 Å². The van der Waals surface area contributed by atoms with Gasteiger partial charge in [0.2, 0.25) is 0 Å². The fraction of sp³-hybridized carbons (Fsp3) is 0.290. The first kappa shape index (κ1) is 24.6. The van der Waals surface area contributed by atoms with Crippen LogP contribution in [0.2, 0.25) is 0 Å². The fourth-order valence-corrected chi connectivity index (χ4v) is 4.83. The van der Waals surface area contributed by atoms with Crippen LogP contribution < -0.4 is 9.47 Å². The van der Waals surface area contributed by atoms with E-state index >= 15 is 0 Å². The van der Waals surface area contributed by atoms with Gasteiger partial charge in [-0.05, 0) is 43.5 Å². The van der Waals surface area contributed by atoms with Gasteiger partial charge in [-0.3, -0.25) is 9.89 Å². The van der Waals surface area contributed by atoms with Crippen molar-refractivity contribution in [1.29, 1.82) is 0 Å². The zero-order chi connectivity index (χ0) is 25.9. The second-order valence-electron chi connectivity index (χ2n) is 9.66. The molecule has 6 nitrogen and oxygen atoms in total. The second kappa shape index (κ2) is 10.5. The number of carbonyl (C=O) groups is 1. The van der Waals surface area contributed by atoms with Crippen LogP contribution in [0.5, 0.6) is 11.5 Å². The Morgan fingerprint density at radius 1 is 0.946 bits per heavy atom. The number of unbranched alkanes of at least 4 members (excludes halogenated alkanes) is 1. The molecule has 0 bridgehead atoms. The summed E-state index contributed by atoms with van der Waals surface area (Å²) in [6.07, 6.45) is 2.04. The average Bonchev–Trinajstić information content (AvgIpc) is 3.45. The third-order valence-corrected chi connectivity index (χ3v) is 6.92. The first-order valence-corrected chi connectivity index (χ1v) is 12.8. The van der Waals surface area contributed by atoms with Crippen LogP contribution in [0.1, 0.15) is 64.1 Å². The lowest BCUT2D eigenvalue weighted by Crippen LogP contribution is -2.29. The fourth-order valence-electron chi connectivity index (χ4n) is 4.83. The molecule has 5 rings (SSSR count). The van der Waals surface area contributed by atoms with E-state index in [1.165, 1.54) is 11.1 Å². The van der Waals surface area contributed by atoms with Gasteiger partial charge in [0.1, 0.15) is 5.69 Å². The number of amides is 1. The molecule has 3 aromatic carbocycles. The Morgan fingerprint density at radius 3 is 2.32 bits per heavy atom. The van der Waals surface area contributed by atoms with E-state index in [1.54, 1.807) is 7.11 Å². The Balaban J connectivity index is 1.60. The van der Waals surface area contributed by atoms with Gasteiger partial charge in [0, 0.05) is 17.7 Å². The number of hydrogen-bond donors (Lipinski definition) is 1. The molecule has 1 amide bonds. The van der Waals surface area contributed by atoms with Crippen LogP contribution in [-0.2, 0) is 6.54 Å². The van der Waals surface area contributed by atoms with Crippen molar-refractivity contribution < 1.29 is 14.3 Å². The van der Waals surface area contributed by atoms with Crippen LogP contribution in [0.4, 0.5) is 0 Å². The van der Waals surface area contributed by atoms with Gasteiger partial charge in [-0.2, -0.15) is 5.10 Å². The molecule has 6 heteroatoms.